The largest absolute Gasteiger partial charge is 0.366 e. The van der Waals surface area contributed by atoms with Crippen LogP contribution in [-0.4, -0.2) is 41.9 Å². The number of benzene rings is 1. The molecule has 0 unspecified atom stereocenters. The van der Waals surface area contributed by atoms with Crippen LogP contribution in [0.1, 0.15) is 48.4 Å². The Morgan fingerprint density at radius 1 is 1.05 bits per heavy atom. The van der Waals surface area contributed by atoms with Gasteiger partial charge in [0.1, 0.15) is 0 Å². The first-order valence-electron chi connectivity index (χ1n) is 7.26. The standard InChI is InChI=1S/C16H25N3O2/c1-11(2)19(12(3)4)10-9-18-16(21)14-7-5-13(6-8-14)15(17)20/h5-8,11-12H,9-10H2,1-4H3,(H2,17,20)(H,18,21). The van der Waals surface area contributed by atoms with Crippen molar-refractivity contribution in [1.82, 2.24) is 10.2 Å². The molecule has 0 saturated heterocycles. The van der Waals surface area contributed by atoms with Gasteiger partial charge in [0.15, 0.2) is 0 Å². The van der Waals surface area contributed by atoms with E-state index in [2.05, 4.69) is 37.9 Å². The quantitative estimate of drug-likeness (QED) is 0.802. The number of hydrogen-bond donors (Lipinski definition) is 2. The monoisotopic (exact) mass is 291 g/mol. The lowest BCUT2D eigenvalue weighted by Crippen LogP contribution is -2.42. The zero-order valence-electron chi connectivity index (χ0n) is 13.2. The van der Waals surface area contributed by atoms with Crippen molar-refractivity contribution in [1.29, 1.82) is 0 Å². The molecule has 5 heteroatoms. The number of nitrogens with one attached hydrogen (secondary N) is 1. The second kappa shape index (κ2) is 7.78. The van der Waals surface area contributed by atoms with Crippen LogP contribution in [0.2, 0.25) is 0 Å². The fourth-order valence-corrected chi connectivity index (χ4v) is 2.30. The summed E-state index contributed by atoms with van der Waals surface area (Å²) in [6, 6.07) is 7.22. The lowest BCUT2D eigenvalue weighted by molar-refractivity contribution is 0.0937. The highest BCUT2D eigenvalue weighted by molar-refractivity contribution is 5.97. The van der Waals surface area contributed by atoms with Crippen molar-refractivity contribution >= 4 is 11.8 Å². The summed E-state index contributed by atoms with van der Waals surface area (Å²) in [5.74, 6) is -0.634. The first-order valence-corrected chi connectivity index (χ1v) is 7.26. The third-order valence-electron chi connectivity index (χ3n) is 3.41. The summed E-state index contributed by atoms with van der Waals surface area (Å²) in [5.41, 5.74) is 6.09. The Morgan fingerprint density at radius 2 is 1.52 bits per heavy atom. The van der Waals surface area contributed by atoms with Crippen molar-refractivity contribution in [3.05, 3.63) is 35.4 Å². The highest BCUT2D eigenvalue weighted by atomic mass is 16.2. The van der Waals surface area contributed by atoms with Gasteiger partial charge < -0.3 is 11.1 Å². The molecule has 3 N–H and O–H groups in total. The van der Waals surface area contributed by atoms with Gasteiger partial charge in [0.25, 0.3) is 5.91 Å². The van der Waals surface area contributed by atoms with E-state index >= 15 is 0 Å². The van der Waals surface area contributed by atoms with Gasteiger partial charge in [-0.05, 0) is 52.0 Å². The minimum atomic E-state index is -0.494. The van der Waals surface area contributed by atoms with Gasteiger partial charge in [0, 0.05) is 36.3 Å². The molecule has 1 aromatic carbocycles. The molecular weight excluding hydrogens is 266 g/mol. The molecule has 0 radical (unpaired) electrons. The van der Waals surface area contributed by atoms with Gasteiger partial charge >= 0.3 is 0 Å². The minimum absolute atomic E-state index is 0.140. The van der Waals surface area contributed by atoms with E-state index in [-0.39, 0.29) is 5.91 Å². The summed E-state index contributed by atoms with van der Waals surface area (Å²) in [5, 5.41) is 2.89. The number of nitrogens with zero attached hydrogens (tertiary/aromatic N) is 1. The number of rotatable bonds is 7. The van der Waals surface area contributed by atoms with E-state index in [1.165, 1.54) is 0 Å². The number of nitrogens with two attached hydrogens (primary N) is 1. The highest BCUT2D eigenvalue weighted by Crippen LogP contribution is 2.05. The summed E-state index contributed by atoms with van der Waals surface area (Å²) in [7, 11) is 0. The Hall–Kier alpha value is -1.88. The van der Waals surface area contributed by atoms with E-state index < -0.39 is 5.91 Å². The van der Waals surface area contributed by atoms with E-state index in [1.54, 1.807) is 24.3 Å². The number of hydrogen-bond acceptors (Lipinski definition) is 3. The Bertz CT molecular complexity index is 473. The summed E-state index contributed by atoms with van der Waals surface area (Å²) in [6.07, 6.45) is 0. The van der Waals surface area contributed by atoms with Crippen molar-refractivity contribution in [2.24, 2.45) is 5.73 Å². The summed E-state index contributed by atoms with van der Waals surface area (Å²) < 4.78 is 0. The summed E-state index contributed by atoms with van der Waals surface area (Å²) in [4.78, 5) is 25.3. The molecule has 21 heavy (non-hydrogen) atoms. The maximum absolute atomic E-state index is 12.0. The lowest BCUT2D eigenvalue weighted by Gasteiger charge is -2.30. The van der Waals surface area contributed by atoms with E-state index in [1.807, 2.05) is 0 Å². The van der Waals surface area contributed by atoms with Crippen LogP contribution in [0.3, 0.4) is 0 Å². The zero-order valence-corrected chi connectivity index (χ0v) is 13.2. The average molecular weight is 291 g/mol. The summed E-state index contributed by atoms with van der Waals surface area (Å²) >= 11 is 0. The molecule has 1 rings (SSSR count). The van der Waals surface area contributed by atoms with Crippen molar-refractivity contribution in [2.45, 2.75) is 39.8 Å². The highest BCUT2D eigenvalue weighted by Gasteiger charge is 2.13. The molecule has 2 amide bonds. The normalized spacial score (nSPS) is 11.2. The van der Waals surface area contributed by atoms with Crippen LogP contribution in [0.5, 0.6) is 0 Å². The van der Waals surface area contributed by atoms with Crippen molar-refractivity contribution in [3.8, 4) is 0 Å². The molecule has 1 aromatic rings. The molecule has 0 saturated carbocycles. The van der Waals surface area contributed by atoms with Gasteiger partial charge in [-0.15, -0.1) is 0 Å². The number of carbonyl (C=O) groups excluding carboxylic acids is 2. The molecule has 0 aliphatic rings. The van der Waals surface area contributed by atoms with Crippen LogP contribution in [-0.2, 0) is 0 Å². The second-order valence-corrected chi connectivity index (χ2v) is 5.62. The topological polar surface area (TPSA) is 75.4 Å². The van der Waals surface area contributed by atoms with Crippen LogP contribution >= 0.6 is 0 Å². The first-order chi connectivity index (χ1) is 9.82. The zero-order chi connectivity index (χ0) is 16.0. The van der Waals surface area contributed by atoms with E-state index in [4.69, 9.17) is 5.73 Å². The number of primary amides is 1. The van der Waals surface area contributed by atoms with Crippen molar-refractivity contribution < 1.29 is 9.59 Å². The van der Waals surface area contributed by atoms with Gasteiger partial charge in [-0.3, -0.25) is 14.5 Å². The lowest BCUT2D eigenvalue weighted by atomic mass is 10.1. The average Bonchev–Trinajstić information content (AvgIpc) is 2.42. The fraction of sp³-hybridized carbons (Fsp3) is 0.500. The maximum atomic E-state index is 12.0. The Kier molecular flexibility index (Phi) is 6.37. The van der Waals surface area contributed by atoms with Gasteiger partial charge in [-0.25, -0.2) is 0 Å². The predicted molar refractivity (Wildman–Crippen MR) is 84.3 cm³/mol. The number of amides is 2. The molecule has 0 aliphatic carbocycles. The van der Waals surface area contributed by atoms with Gasteiger partial charge in [0.2, 0.25) is 5.91 Å². The molecule has 0 aromatic heterocycles. The third kappa shape index (κ3) is 5.19. The van der Waals surface area contributed by atoms with E-state index in [9.17, 15) is 9.59 Å². The van der Waals surface area contributed by atoms with Gasteiger partial charge in [-0.2, -0.15) is 0 Å². The van der Waals surface area contributed by atoms with Crippen LogP contribution in [0, 0.1) is 0 Å². The maximum Gasteiger partial charge on any atom is 0.251 e. The fourth-order valence-electron chi connectivity index (χ4n) is 2.30. The molecule has 0 bridgehead atoms. The Morgan fingerprint density at radius 3 is 1.95 bits per heavy atom. The Balaban J connectivity index is 2.52. The van der Waals surface area contributed by atoms with Crippen molar-refractivity contribution in [2.75, 3.05) is 13.1 Å². The molecule has 116 valence electrons. The van der Waals surface area contributed by atoms with E-state index in [0.717, 1.165) is 6.54 Å². The van der Waals surface area contributed by atoms with Crippen LogP contribution in [0.25, 0.3) is 0 Å². The number of carbonyl (C=O) groups is 2. The SMILES string of the molecule is CC(C)N(CCNC(=O)c1ccc(C(N)=O)cc1)C(C)C. The molecule has 0 atom stereocenters. The van der Waals surface area contributed by atoms with Gasteiger partial charge in [0.05, 0.1) is 0 Å². The third-order valence-corrected chi connectivity index (χ3v) is 3.41. The second-order valence-electron chi connectivity index (χ2n) is 5.62. The smallest absolute Gasteiger partial charge is 0.251 e. The predicted octanol–water partition coefficient (Wildman–Crippen LogP) is 1.63. The molecular formula is C16H25N3O2. The molecule has 0 aliphatic heterocycles. The molecule has 0 spiro atoms. The van der Waals surface area contributed by atoms with Crippen LogP contribution in [0.4, 0.5) is 0 Å². The van der Waals surface area contributed by atoms with E-state index in [0.29, 0.717) is 29.8 Å². The summed E-state index contributed by atoms with van der Waals surface area (Å²) in [6.45, 7) is 9.97. The molecule has 5 nitrogen and oxygen atoms in total. The Labute approximate surface area is 126 Å². The molecule has 0 fully saturated rings. The van der Waals surface area contributed by atoms with Gasteiger partial charge in [-0.1, -0.05) is 0 Å². The van der Waals surface area contributed by atoms with Crippen LogP contribution in [0.15, 0.2) is 24.3 Å². The van der Waals surface area contributed by atoms with Crippen molar-refractivity contribution in [3.63, 3.8) is 0 Å². The van der Waals surface area contributed by atoms with Crippen LogP contribution < -0.4 is 11.1 Å². The molecule has 0 heterocycles. The minimum Gasteiger partial charge on any atom is -0.366 e. The first kappa shape index (κ1) is 17.2.